The number of hydrogen-bond acceptors (Lipinski definition) is 6. The minimum Gasteiger partial charge on any atom is -0.474 e. The molecular formula is C16H13ClN6O2. The van der Waals surface area contributed by atoms with E-state index in [0.717, 1.165) is 16.9 Å². The van der Waals surface area contributed by atoms with Gasteiger partial charge in [-0.15, -0.1) is 10.2 Å². The summed E-state index contributed by atoms with van der Waals surface area (Å²) >= 11 is 6.20. The number of rotatable bonds is 2. The van der Waals surface area contributed by atoms with E-state index in [1.807, 2.05) is 27.3 Å². The third-order valence-electron chi connectivity index (χ3n) is 4.39. The summed E-state index contributed by atoms with van der Waals surface area (Å²) in [5.74, 6) is 1.69. The maximum atomic E-state index is 9.64. The van der Waals surface area contributed by atoms with Crippen molar-refractivity contribution in [3.05, 3.63) is 46.8 Å². The van der Waals surface area contributed by atoms with Crippen molar-refractivity contribution in [3.63, 3.8) is 0 Å². The molecule has 126 valence electrons. The number of aliphatic imine (C=N–C) groups is 1. The van der Waals surface area contributed by atoms with Crippen LogP contribution in [-0.2, 0) is 17.9 Å². The van der Waals surface area contributed by atoms with Crippen LogP contribution >= 0.6 is 11.6 Å². The summed E-state index contributed by atoms with van der Waals surface area (Å²) in [4.78, 5) is 8.89. The third kappa shape index (κ3) is 2.11. The fourth-order valence-electron chi connectivity index (χ4n) is 3.25. The molecule has 0 saturated carbocycles. The molecule has 3 aromatic rings. The Hall–Kier alpha value is -2.71. The van der Waals surface area contributed by atoms with Crippen LogP contribution in [-0.4, -0.2) is 48.5 Å². The van der Waals surface area contributed by atoms with Gasteiger partial charge in [0.15, 0.2) is 11.6 Å². The fraction of sp³-hybridized carbons (Fsp3) is 0.250. The van der Waals surface area contributed by atoms with Crippen molar-refractivity contribution in [1.82, 2.24) is 24.3 Å². The summed E-state index contributed by atoms with van der Waals surface area (Å²) in [5.41, 5.74) is 3.32. The number of hydrogen-bond donors (Lipinski definition) is 1. The normalized spacial score (nSPS) is 15.0. The number of ether oxygens (including phenoxy) is 1. The Labute approximate surface area is 147 Å². The van der Waals surface area contributed by atoms with Gasteiger partial charge in [-0.05, 0) is 18.2 Å². The van der Waals surface area contributed by atoms with E-state index in [4.69, 9.17) is 16.3 Å². The zero-order valence-electron chi connectivity index (χ0n) is 13.1. The Morgan fingerprint density at radius 3 is 3.00 bits per heavy atom. The fourth-order valence-corrected chi connectivity index (χ4v) is 3.43. The van der Waals surface area contributed by atoms with Crippen LogP contribution in [0, 0.1) is 0 Å². The largest absolute Gasteiger partial charge is 0.474 e. The Bertz CT molecular complexity index is 1020. The number of fused-ring (bicyclic) bond motifs is 5. The van der Waals surface area contributed by atoms with E-state index in [9.17, 15) is 5.11 Å². The molecule has 9 heteroatoms. The van der Waals surface area contributed by atoms with E-state index < -0.39 is 0 Å². The molecule has 4 heterocycles. The average molecular weight is 357 g/mol. The first-order valence-corrected chi connectivity index (χ1v) is 8.21. The zero-order valence-corrected chi connectivity index (χ0v) is 13.8. The van der Waals surface area contributed by atoms with E-state index in [0.29, 0.717) is 48.0 Å². The SMILES string of the molecule is OCc1nnc2n1Cc1c(C3=NCCO3)ncn1-c1ccc(Cl)cc1-2. The lowest BCUT2D eigenvalue weighted by molar-refractivity contribution is 0.265. The van der Waals surface area contributed by atoms with Gasteiger partial charge < -0.3 is 14.4 Å². The van der Waals surface area contributed by atoms with E-state index in [1.165, 1.54) is 0 Å². The lowest BCUT2D eigenvalue weighted by atomic mass is 10.1. The lowest BCUT2D eigenvalue weighted by Crippen LogP contribution is -2.12. The average Bonchev–Trinajstić information content (AvgIpc) is 3.33. The van der Waals surface area contributed by atoms with Crippen molar-refractivity contribution < 1.29 is 9.84 Å². The number of aliphatic hydroxyl groups excluding tert-OH is 1. The van der Waals surface area contributed by atoms with Crippen LogP contribution in [0.25, 0.3) is 17.1 Å². The van der Waals surface area contributed by atoms with Crippen molar-refractivity contribution in [2.45, 2.75) is 13.2 Å². The lowest BCUT2D eigenvalue weighted by Gasteiger charge is -2.09. The first-order valence-electron chi connectivity index (χ1n) is 7.83. The minimum absolute atomic E-state index is 0.205. The molecule has 0 amide bonds. The van der Waals surface area contributed by atoms with Crippen LogP contribution in [0.3, 0.4) is 0 Å². The molecule has 0 aliphatic carbocycles. The molecule has 0 unspecified atom stereocenters. The first kappa shape index (κ1) is 14.6. The summed E-state index contributed by atoms with van der Waals surface area (Å²) in [7, 11) is 0. The second-order valence-corrected chi connectivity index (χ2v) is 6.23. The molecule has 0 fully saturated rings. The quantitative estimate of drug-likeness (QED) is 0.586. The Morgan fingerprint density at radius 2 is 2.20 bits per heavy atom. The van der Waals surface area contributed by atoms with E-state index >= 15 is 0 Å². The number of aliphatic hydroxyl groups is 1. The van der Waals surface area contributed by atoms with Gasteiger partial charge in [0.1, 0.15) is 25.2 Å². The maximum Gasteiger partial charge on any atom is 0.237 e. The number of halogens is 1. The monoisotopic (exact) mass is 356 g/mol. The van der Waals surface area contributed by atoms with Gasteiger partial charge in [-0.3, -0.25) is 4.57 Å². The third-order valence-corrected chi connectivity index (χ3v) is 4.63. The highest BCUT2D eigenvalue weighted by Crippen LogP contribution is 2.34. The summed E-state index contributed by atoms with van der Waals surface area (Å²) in [6.45, 7) is 1.44. The molecule has 2 aliphatic heterocycles. The second kappa shape index (κ2) is 5.40. The topological polar surface area (TPSA) is 90.3 Å². The predicted molar refractivity (Wildman–Crippen MR) is 90.0 cm³/mol. The summed E-state index contributed by atoms with van der Waals surface area (Å²) in [6, 6.07) is 5.59. The van der Waals surface area contributed by atoms with Gasteiger partial charge in [0.25, 0.3) is 0 Å². The minimum atomic E-state index is -0.205. The predicted octanol–water partition coefficient (Wildman–Crippen LogP) is 1.41. The van der Waals surface area contributed by atoms with E-state index in [2.05, 4.69) is 20.2 Å². The van der Waals surface area contributed by atoms with E-state index in [-0.39, 0.29) is 6.61 Å². The Morgan fingerprint density at radius 1 is 1.28 bits per heavy atom. The first-order chi connectivity index (χ1) is 12.3. The summed E-state index contributed by atoms with van der Waals surface area (Å²) in [5, 5.41) is 18.6. The standard InChI is InChI=1S/C16H13ClN6O2/c17-9-1-2-11-10(5-9)15-21-20-13(7-24)22(15)6-12-14(19-8-23(11)12)16-18-3-4-25-16/h1-2,5,8,24H,3-4,6-7H2. The molecule has 8 nitrogen and oxygen atoms in total. The zero-order chi connectivity index (χ0) is 17.0. The molecule has 0 bridgehead atoms. The molecule has 0 saturated heterocycles. The van der Waals surface area contributed by atoms with Crippen LogP contribution in [0.1, 0.15) is 17.2 Å². The van der Waals surface area contributed by atoms with Crippen molar-refractivity contribution >= 4 is 17.5 Å². The van der Waals surface area contributed by atoms with Crippen molar-refractivity contribution in [2.24, 2.45) is 4.99 Å². The number of aromatic nitrogens is 5. The summed E-state index contributed by atoms with van der Waals surface area (Å²) < 4.78 is 9.46. The number of nitrogens with zero attached hydrogens (tertiary/aromatic N) is 6. The number of imidazole rings is 1. The molecule has 25 heavy (non-hydrogen) atoms. The van der Waals surface area contributed by atoms with E-state index in [1.54, 1.807) is 6.33 Å². The van der Waals surface area contributed by atoms with Crippen LogP contribution in [0.5, 0.6) is 0 Å². The van der Waals surface area contributed by atoms with Gasteiger partial charge in [-0.25, -0.2) is 9.98 Å². The van der Waals surface area contributed by atoms with Crippen molar-refractivity contribution in [1.29, 1.82) is 0 Å². The Balaban J connectivity index is 1.81. The van der Waals surface area contributed by atoms with Crippen molar-refractivity contribution in [2.75, 3.05) is 13.2 Å². The molecule has 0 spiro atoms. The van der Waals surface area contributed by atoms with Gasteiger partial charge >= 0.3 is 0 Å². The Kier molecular flexibility index (Phi) is 3.16. The van der Waals surface area contributed by atoms with Gasteiger partial charge in [0, 0.05) is 10.6 Å². The van der Waals surface area contributed by atoms with Gasteiger partial charge in [0.05, 0.1) is 24.5 Å². The van der Waals surface area contributed by atoms with Crippen LogP contribution in [0.2, 0.25) is 5.02 Å². The summed E-state index contributed by atoms with van der Waals surface area (Å²) in [6.07, 6.45) is 1.75. The maximum absolute atomic E-state index is 9.64. The molecule has 5 rings (SSSR count). The van der Waals surface area contributed by atoms with Crippen LogP contribution in [0.15, 0.2) is 29.5 Å². The van der Waals surface area contributed by atoms with Crippen molar-refractivity contribution in [3.8, 4) is 17.1 Å². The highest BCUT2D eigenvalue weighted by molar-refractivity contribution is 6.31. The molecule has 1 aromatic carbocycles. The molecule has 2 aliphatic rings. The highest BCUT2D eigenvalue weighted by atomic mass is 35.5. The van der Waals surface area contributed by atoms with Crippen LogP contribution in [0.4, 0.5) is 0 Å². The van der Waals surface area contributed by atoms with Gasteiger partial charge in [-0.1, -0.05) is 11.6 Å². The second-order valence-electron chi connectivity index (χ2n) is 5.79. The molecule has 1 N–H and O–H groups in total. The molecular weight excluding hydrogens is 344 g/mol. The molecule has 0 radical (unpaired) electrons. The van der Waals surface area contributed by atoms with Crippen LogP contribution < -0.4 is 0 Å². The van der Waals surface area contributed by atoms with Gasteiger partial charge in [0.2, 0.25) is 5.90 Å². The van der Waals surface area contributed by atoms with Gasteiger partial charge in [-0.2, -0.15) is 0 Å². The number of benzene rings is 1. The molecule has 0 atom stereocenters. The highest BCUT2D eigenvalue weighted by Gasteiger charge is 2.28. The smallest absolute Gasteiger partial charge is 0.237 e. The molecule has 2 aromatic heterocycles.